The summed E-state index contributed by atoms with van der Waals surface area (Å²) < 4.78 is 25.7. The molecule has 2 rings (SSSR count). The number of nitrogens with zero attached hydrogens (tertiary/aromatic N) is 1. The van der Waals surface area contributed by atoms with Crippen LogP contribution in [-0.4, -0.2) is 37.9 Å². The lowest BCUT2D eigenvalue weighted by molar-refractivity contribution is -0.384. The number of benzene rings is 1. The van der Waals surface area contributed by atoms with Crippen LogP contribution in [0.25, 0.3) is 0 Å². The Hall–Kier alpha value is -1.32. The number of anilines is 1. The van der Waals surface area contributed by atoms with Crippen LogP contribution in [0.2, 0.25) is 0 Å². The number of nitro groups is 1. The van der Waals surface area contributed by atoms with Gasteiger partial charge in [-0.2, -0.15) is 11.8 Å². The molecule has 0 aromatic heterocycles. The van der Waals surface area contributed by atoms with Gasteiger partial charge in [0.25, 0.3) is 5.69 Å². The topological polar surface area (TPSA) is 101 Å². The first-order valence-corrected chi connectivity index (χ1v) is 9.05. The molecule has 21 heavy (non-hydrogen) atoms. The largest absolute Gasteiger partial charge is 0.378 e. The molecular formula is C12H17N3O4S2. The van der Waals surface area contributed by atoms with E-state index in [0.717, 1.165) is 18.9 Å². The van der Waals surface area contributed by atoms with Crippen LogP contribution < -0.4 is 10.0 Å². The summed E-state index contributed by atoms with van der Waals surface area (Å²) in [7, 11) is -2.43. The maximum Gasteiger partial charge on any atom is 0.293 e. The van der Waals surface area contributed by atoms with Gasteiger partial charge < -0.3 is 5.32 Å². The Morgan fingerprint density at radius 2 is 2.10 bits per heavy atom. The number of rotatable bonds is 7. The van der Waals surface area contributed by atoms with Crippen molar-refractivity contribution in [2.75, 3.05) is 25.2 Å². The number of nitro benzene ring substituents is 1. The van der Waals surface area contributed by atoms with Crippen LogP contribution >= 0.6 is 11.8 Å². The summed E-state index contributed by atoms with van der Waals surface area (Å²) in [5.41, 5.74) is 0.110. The molecule has 0 bridgehead atoms. The number of nitrogens with one attached hydrogen (secondary N) is 2. The molecule has 1 aliphatic rings. The highest BCUT2D eigenvalue weighted by atomic mass is 32.2. The maximum absolute atomic E-state index is 11.7. The molecule has 0 radical (unpaired) electrons. The fraction of sp³-hybridized carbons (Fsp3) is 0.500. The van der Waals surface area contributed by atoms with Gasteiger partial charge in [-0.1, -0.05) is 0 Å². The van der Waals surface area contributed by atoms with Gasteiger partial charge in [-0.05, 0) is 38.3 Å². The molecule has 9 heteroatoms. The second-order valence-electron chi connectivity index (χ2n) is 4.88. The predicted octanol–water partition coefficient (Wildman–Crippen LogP) is 1.81. The molecule has 2 N–H and O–H groups in total. The number of hydrogen-bond donors (Lipinski definition) is 2. The van der Waals surface area contributed by atoms with Crippen LogP contribution in [0.1, 0.15) is 12.8 Å². The summed E-state index contributed by atoms with van der Waals surface area (Å²) in [5, 5.41) is 14.2. The Morgan fingerprint density at radius 3 is 2.57 bits per heavy atom. The molecule has 0 unspecified atom stereocenters. The van der Waals surface area contributed by atoms with Crippen molar-refractivity contribution in [1.29, 1.82) is 0 Å². The Labute approximate surface area is 127 Å². The van der Waals surface area contributed by atoms with Crippen LogP contribution in [-0.2, 0) is 10.0 Å². The molecule has 0 atom stereocenters. The van der Waals surface area contributed by atoms with E-state index in [1.54, 1.807) is 11.8 Å². The Bertz CT molecular complexity index is 656. The lowest BCUT2D eigenvalue weighted by atomic mass is 10.2. The molecule has 0 heterocycles. The zero-order valence-corrected chi connectivity index (χ0v) is 13.4. The SMILES string of the molecule is CNS(=O)(=O)c1ccc(NCC2(SC)CC2)c([N+](=O)[O-])c1. The number of hydrogen-bond acceptors (Lipinski definition) is 6. The van der Waals surface area contributed by atoms with E-state index < -0.39 is 14.9 Å². The molecule has 1 aromatic carbocycles. The molecule has 1 fully saturated rings. The summed E-state index contributed by atoms with van der Waals surface area (Å²) in [6, 6.07) is 3.88. The first-order valence-electron chi connectivity index (χ1n) is 6.34. The normalized spacial score (nSPS) is 16.5. The lowest BCUT2D eigenvalue weighted by Gasteiger charge is -2.14. The molecule has 1 aromatic rings. The van der Waals surface area contributed by atoms with Gasteiger partial charge in [-0.3, -0.25) is 10.1 Å². The summed E-state index contributed by atoms with van der Waals surface area (Å²) >= 11 is 1.74. The highest BCUT2D eigenvalue weighted by molar-refractivity contribution is 8.00. The van der Waals surface area contributed by atoms with Gasteiger partial charge >= 0.3 is 0 Å². The molecule has 0 saturated heterocycles. The standard InChI is InChI=1S/C12H17N3O4S2/c1-13-21(18,19)9-3-4-10(11(7-9)15(16)17)14-8-12(20-2)5-6-12/h3-4,7,13-14H,5-6,8H2,1-2H3. The smallest absolute Gasteiger partial charge is 0.293 e. The fourth-order valence-corrected chi connectivity index (χ4v) is 3.42. The van der Waals surface area contributed by atoms with Crippen LogP contribution in [0.15, 0.2) is 23.1 Å². The summed E-state index contributed by atoms with van der Waals surface area (Å²) in [4.78, 5) is 10.5. The van der Waals surface area contributed by atoms with E-state index in [1.165, 1.54) is 19.2 Å². The van der Waals surface area contributed by atoms with E-state index in [0.29, 0.717) is 12.2 Å². The van der Waals surface area contributed by atoms with Gasteiger partial charge in [0.15, 0.2) is 0 Å². The molecular weight excluding hydrogens is 314 g/mol. The quantitative estimate of drug-likeness (QED) is 0.584. The van der Waals surface area contributed by atoms with Crippen molar-refractivity contribution in [3.05, 3.63) is 28.3 Å². The second-order valence-corrected chi connectivity index (χ2v) is 8.05. The zero-order chi connectivity index (χ0) is 15.7. The number of sulfonamides is 1. The van der Waals surface area contributed by atoms with Crippen LogP contribution in [0.5, 0.6) is 0 Å². The Balaban J connectivity index is 2.27. The minimum Gasteiger partial charge on any atom is -0.378 e. The molecule has 1 saturated carbocycles. The molecule has 7 nitrogen and oxygen atoms in total. The fourth-order valence-electron chi connectivity index (χ4n) is 1.95. The van der Waals surface area contributed by atoms with Crippen LogP contribution in [0.4, 0.5) is 11.4 Å². The predicted molar refractivity (Wildman–Crippen MR) is 83.3 cm³/mol. The Morgan fingerprint density at radius 1 is 1.43 bits per heavy atom. The maximum atomic E-state index is 11.7. The minimum atomic E-state index is -3.69. The number of thioether (sulfide) groups is 1. The van der Waals surface area contributed by atoms with Crippen molar-refractivity contribution in [1.82, 2.24) is 4.72 Å². The third-order valence-electron chi connectivity index (χ3n) is 3.59. The van der Waals surface area contributed by atoms with E-state index in [2.05, 4.69) is 10.0 Å². The van der Waals surface area contributed by atoms with Gasteiger partial charge in [0.1, 0.15) is 5.69 Å². The molecule has 1 aliphatic carbocycles. The summed E-state index contributed by atoms with van der Waals surface area (Å²) in [6.07, 6.45) is 4.19. The van der Waals surface area contributed by atoms with Crippen molar-refractivity contribution in [2.24, 2.45) is 0 Å². The third kappa shape index (κ3) is 3.47. The second kappa shape index (κ2) is 5.82. The average Bonchev–Trinajstić information content (AvgIpc) is 3.25. The van der Waals surface area contributed by atoms with Crippen molar-refractivity contribution in [3.63, 3.8) is 0 Å². The van der Waals surface area contributed by atoms with E-state index in [4.69, 9.17) is 0 Å². The molecule has 0 spiro atoms. The highest BCUT2D eigenvalue weighted by Gasteiger charge is 2.41. The van der Waals surface area contributed by atoms with Gasteiger partial charge in [-0.25, -0.2) is 13.1 Å². The third-order valence-corrected chi connectivity index (χ3v) is 6.42. The zero-order valence-electron chi connectivity index (χ0n) is 11.8. The molecule has 116 valence electrons. The van der Waals surface area contributed by atoms with Gasteiger partial charge in [-0.15, -0.1) is 0 Å². The van der Waals surface area contributed by atoms with Crippen molar-refractivity contribution in [3.8, 4) is 0 Å². The van der Waals surface area contributed by atoms with Crippen LogP contribution in [0.3, 0.4) is 0 Å². The first kappa shape index (κ1) is 16.1. The Kier molecular flexibility index (Phi) is 4.45. The summed E-state index contributed by atoms with van der Waals surface area (Å²) in [5.74, 6) is 0. The van der Waals surface area contributed by atoms with Crippen molar-refractivity contribution >= 4 is 33.2 Å². The summed E-state index contributed by atoms with van der Waals surface area (Å²) in [6.45, 7) is 0.632. The van der Waals surface area contributed by atoms with Crippen LogP contribution in [0, 0.1) is 10.1 Å². The van der Waals surface area contributed by atoms with E-state index in [1.807, 2.05) is 6.26 Å². The molecule has 0 aliphatic heterocycles. The van der Waals surface area contributed by atoms with E-state index in [9.17, 15) is 18.5 Å². The van der Waals surface area contributed by atoms with Gasteiger partial charge in [0.05, 0.1) is 9.82 Å². The highest BCUT2D eigenvalue weighted by Crippen LogP contribution is 2.47. The monoisotopic (exact) mass is 331 g/mol. The van der Waals surface area contributed by atoms with E-state index in [-0.39, 0.29) is 15.3 Å². The van der Waals surface area contributed by atoms with Crippen molar-refractivity contribution in [2.45, 2.75) is 22.5 Å². The van der Waals surface area contributed by atoms with E-state index >= 15 is 0 Å². The molecule has 0 amide bonds. The minimum absolute atomic E-state index is 0.117. The first-order chi connectivity index (χ1) is 9.83. The lowest BCUT2D eigenvalue weighted by Crippen LogP contribution is -2.20. The average molecular weight is 331 g/mol. The van der Waals surface area contributed by atoms with Gasteiger partial charge in [0.2, 0.25) is 10.0 Å². The van der Waals surface area contributed by atoms with Crippen molar-refractivity contribution < 1.29 is 13.3 Å². The van der Waals surface area contributed by atoms with Gasteiger partial charge in [0, 0.05) is 17.4 Å².